The van der Waals surface area contributed by atoms with Crippen LogP contribution >= 0.6 is 0 Å². The minimum absolute atomic E-state index is 0.0199. The van der Waals surface area contributed by atoms with Gasteiger partial charge in [-0.25, -0.2) is 4.79 Å². The minimum atomic E-state index is -0.574. The number of carbonyl (C=O) groups excluding carboxylic acids is 1. The molecule has 0 radical (unpaired) electrons. The molecular formula is C18H22N4O5. The van der Waals surface area contributed by atoms with Crippen molar-refractivity contribution >= 4 is 17.5 Å². The normalized spacial score (nSPS) is 21.1. The number of fused-ring (bicyclic) bond motifs is 1. The highest BCUT2D eigenvalue weighted by atomic mass is 16.6. The van der Waals surface area contributed by atoms with Crippen LogP contribution in [0.15, 0.2) is 12.1 Å². The highest BCUT2D eigenvalue weighted by Gasteiger charge is 2.51. The van der Waals surface area contributed by atoms with Gasteiger partial charge < -0.3 is 19.3 Å². The Bertz CT molecular complexity index is 826. The molecule has 2 unspecified atom stereocenters. The quantitative estimate of drug-likeness (QED) is 0.591. The Morgan fingerprint density at radius 1 is 1.37 bits per heavy atom. The van der Waals surface area contributed by atoms with Crippen LogP contribution in [0.5, 0.6) is 5.75 Å². The maximum Gasteiger partial charge on any atom is 0.410 e. The van der Waals surface area contributed by atoms with Crippen LogP contribution in [0.3, 0.4) is 0 Å². The minimum Gasteiger partial charge on any atom is -0.495 e. The van der Waals surface area contributed by atoms with E-state index in [1.54, 1.807) is 4.90 Å². The molecule has 0 saturated carbocycles. The summed E-state index contributed by atoms with van der Waals surface area (Å²) in [4.78, 5) is 26.7. The number of rotatable bonds is 3. The molecule has 2 atom stereocenters. The summed E-state index contributed by atoms with van der Waals surface area (Å²) < 4.78 is 10.8. The maximum absolute atomic E-state index is 12.4. The molecule has 3 rings (SSSR count). The Kier molecular flexibility index (Phi) is 4.59. The number of methoxy groups -OCH3 is 1. The zero-order chi connectivity index (χ0) is 19.9. The number of nitriles is 1. The van der Waals surface area contributed by atoms with Crippen molar-refractivity contribution in [3.63, 3.8) is 0 Å². The van der Waals surface area contributed by atoms with Crippen LogP contribution in [-0.4, -0.2) is 53.8 Å². The predicted octanol–water partition coefficient (Wildman–Crippen LogP) is 2.67. The van der Waals surface area contributed by atoms with Gasteiger partial charge in [0.15, 0.2) is 5.56 Å². The number of benzene rings is 1. The standard InChI is InChI=1S/C18H22N4O5/c1-18(2,3)27-17(23)20-8-7-13-14(20)10-21(13)16-11(9-19)12(22(24)25)5-6-15(16)26-4/h5-6,13-14H,7-8,10H2,1-4H3. The molecule has 2 saturated heterocycles. The van der Waals surface area contributed by atoms with Gasteiger partial charge in [-0.1, -0.05) is 0 Å². The topological polar surface area (TPSA) is 109 Å². The molecule has 0 spiro atoms. The Hall–Kier alpha value is -3.02. The van der Waals surface area contributed by atoms with E-state index in [4.69, 9.17) is 9.47 Å². The van der Waals surface area contributed by atoms with Crippen molar-refractivity contribution in [2.45, 2.75) is 44.9 Å². The van der Waals surface area contributed by atoms with Crippen LogP contribution < -0.4 is 9.64 Å². The molecule has 1 amide bonds. The lowest BCUT2D eigenvalue weighted by Crippen LogP contribution is -2.63. The number of hydrogen-bond donors (Lipinski definition) is 0. The molecule has 27 heavy (non-hydrogen) atoms. The average Bonchev–Trinajstić information content (AvgIpc) is 2.89. The monoisotopic (exact) mass is 374 g/mol. The van der Waals surface area contributed by atoms with Gasteiger partial charge in [0, 0.05) is 19.2 Å². The summed E-state index contributed by atoms with van der Waals surface area (Å²) in [5.74, 6) is 0.409. The van der Waals surface area contributed by atoms with Crippen LogP contribution in [-0.2, 0) is 4.74 Å². The third-order valence-electron chi connectivity index (χ3n) is 4.86. The van der Waals surface area contributed by atoms with E-state index in [0.29, 0.717) is 30.9 Å². The fourth-order valence-electron chi connectivity index (χ4n) is 3.70. The van der Waals surface area contributed by atoms with Gasteiger partial charge >= 0.3 is 6.09 Å². The highest BCUT2D eigenvalue weighted by molar-refractivity contribution is 5.77. The lowest BCUT2D eigenvalue weighted by molar-refractivity contribution is -0.385. The van der Waals surface area contributed by atoms with E-state index >= 15 is 0 Å². The number of nitro groups is 1. The molecular weight excluding hydrogens is 352 g/mol. The van der Waals surface area contributed by atoms with E-state index in [-0.39, 0.29) is 29.4 Å². The van der Waals surface area contributed by atoms with Crippen molar-refractivity contribution in [2.24, 2.45) is 0 Å². The first-order valence-corrected chi connectivity index (χ1v) is 8.69. The molecule has 2 aliphatic rings. The lowest BCUT2D eigenvalue weighted by atomic mass is 9.94. The van der Waals surface area contributed by atoms with Crippen LogP contribution in [0.1, 0.15) is 32.8 Å². The van der Waals surface area contributed by atoms with Gasteiger partial charge in [0.2, 0.25) is 0 Å². The smallest absolute Gasteiger partial charge is 0.410 e. The van der Waals surface area contributed by atoms with Crippen molar-refractivity contribution in [3.8, 4) is 11.8 Å². The number of nitro benzene ring substituents is 1. The first-order chi connectivity index (χ1) is 12.7. The van der Waals surface area contributed by atoms with Crippen LogP contribution in [0.4, 0.5) is 16.2 Å². The van der Waals surface area contributed by atoms with Gasteiger partial charge in [-0.3, -0.25) is 10.1 Å². The third-order valence-corrected chi connectivity index (χ3v) is 4.86. The second-order valence-corrected chi connectivity index (χ2v) is 7.63. The van der Waals surface area contributed by atoms with Gasteiger partial charge in [-0.2, -0.15) is 5.26 Å². The summed E-state index contributed by atoms with van der Waals surface area (Å²) in [6.45, 7) is 6.46. The maximum atomic E-state index is 12.4. The summed E-state index contributed by atoms with van der Waals surface area (Å²) in [5.41, 5.74) is -0.427. The zero-order valence-electron chi connectivity index (χ0n) is 15.8. The largest absolute Gasteiger partial charge is 0.495 e. The van der Waals surface area contributed by atoms with E-state index in [9.17, 15) is 20.2 Å². The molecule has 2 fully saturated rings. The summed E-state index contributed by atoms with van der Waals surface area (Å²) in [7, 11) is 1.46. The van der Waals surface area contributed by atoms with Gasteiger partial charge in [0.1, 0.15) is 23.1 Å². The van der Waals surface area contributed by atoms with E-state index in [0.717, 1.165) is 0 Å². The van der Waals surface area contributed by atoms with Gasteiger partial charge in [-0.05, 0) is 33.3 Å². The summed E-state index contributed by atoms with van der Waals surface area (Å²) in [6, 6.07) is 4.65. The number of ether oxygens (including phenoxy) is 2. The fourth-order valence-corrected chi connectivity index (χ4v) is 3.70. The van der Waals surface area contributed by atoms with Gasteiger partial charge in [0.05, 0.1) is 24.1 Å². The van der Waals surface area contributed by atoms with E-state index in [1.807, 2.05) is 31.7 Å². The number of carbonyl (C=O) groups is 1. The van der Waals surface area contributed by atoms with Crippen LogP contribution in [0.2, 0.25) is 0 Å². The average molecular weight is 374 g/mol. The molecule has 144 valence electrons. The zero-order valence-corrected chi connectivity index (χ0v) is 15.8. The summed E-state index contributed by atoms with van der Waals surface area (Å²) in [6.07, 6.45) is 0.335. The van der Waals surface area contributed by atoms with Crippen LogP contribution in [0, 0.1) is 21.4 Å². The number of nitrogens with zero attached hydrogens (tertiary/aromatic N) is 4. The first kappa shape index (κ1) is 18.8. The second-order valence-electron chi connectivity index (χ2n) is 7.63. The van der Waals surface area contributed by atoms with Crippen molar-refractivity contribution in [3.05, 3.63) is 27.8 Å². The van der Waals surface area contributed by atoms with Crippen molar-refractivity contribution in [1.29, 1.82) is 5.26 Å². The summed E-state index contributed by atoms with van der Waals surface area (Å²) >= 11 is 0. The number of hydrogen-bond acceptors (Lipinski definition) is 7. The number of amides is 1. The molecule has 0 N–H and O–H groups in total. The Labute approximate surface area is 157 Å². The van der Waals surface area contributed by atoms with Gasteiger partial charge in [-0.15, -0.1) is 0 Å². The first-order valence-electron chi connectivity index (χ1n) is 8.69. The number of anilines is 1. The SMILES string of the molecule is COc1ccc([N+](=O)[O-])c(C#N)c1N1CC2C1CCN2C(=O)OC(C)(C)C. The van der Waals surface area contributed by atoms with E-state index in [1.165, 1.54) is 19.2 Å². The second kappa shape index (κ2) is 6.61. The highest BCUT2D eigenvalue weighted by Crippen LogP contribution is 2.45. The van der Waals surface area contributed by atoms with Crippen LogP contribution in [0.25, 0.3) is 0 Å². The molecule has 9 heteroatoms. The molecule has 2 aliphatic heterocycles. The van der Waals surface area contributed by atoms with E-state index in [2.05, 4.69) is 0 Å². The van der Waals surface area contributed by atoms with E-state index < -0.39 is 10.5 Å². The lowest BCUT2D eigenvalue weighted by Gasteiger charge is -2.48. The molecule has 0 aliphatic carbocycles. The molecule has 2 heterocycles. The predicted molar refractivity (Wildman–Crippen MR) is 96.8 cm³/mol. The fraction of sp³-hybridized carbons (Fsp3) is 0.556. The van der Waals surface area contributed by atoms with Gasteiger partial charge in [0.25, 0.3) is 5.69 Å². The molecule has 1 aromatic rings. The van der Waals surface area contributed by atoms with Crippen molar-refractivity contribution in [2.75, 3.05) is 25.1 Å². The Balaban J connectivity index is 1.87. The Morgan fingerprint density at radius 3 is 2.63 bits per heavy atom. The molecule has 1 aromatic carbocycles. The van der Waals surface area contributed by atoms with Crippen molar-refractivity contribution < 1.29 is 19.2 Å². The molecule has 9 nitrogen and oxygen atoms in total. The Morgan fingerprint density at radius 2 is 2.07 bits per heavy atom. The van der Waals surface area contributed by atoms with Crippen molar-refractivity contribution in [1.82, 2.24) is 4.90 Å². The number of likely N-dealkylation sites (tertiary alicyclic amines) is 1. The molecule has 0 bridgehead atoms. The third kappa shape index (κ3) is 3.23. The summed E-state index contributed by atoms with van der Waals surface area (Å²) in [5, 5.41) is 20.8. The molecule has 0 aromatic heterocycles.